The predicted octanol–water partition coefficient (Wildman–Crippen LogP) is -1.97. The maximum absolute atomic E-state index is 12.7. The molecule has 26 heavy (non-hydrogen) atoms. The molecule has 3 atom stereocenters. The minimum absolute atomic E-state index is 0.357. The second kappa shape index (κ2) is 6.98. The molecule has 10 nitrogen and oxygen atoms in total. The van der Waals surface area contributed by atoms with Gasteiger partial charge in [0.2, 0.25) is 0 Å². The van der Waals surface area contributed by atoms with E-state index in [1.165, 1.54) is 0 Å². The van der Waals surface area contributed by atoms with Crippen molar-refractivity contribution in [2.75, 3.05) is 28.4 Å². The number of carbonyl (C=O) groups is 5. The van der Waals surface area contributed by atoms with Gasteiger partial charge >= 0.3 is 23.9 Å². The number of hydrogen-bond acceptors (Lipinski definition) is 10. The number of rotatable bonds is 4. The van der Waals surface area contributed by atoms with Gasteiger partial charge in [-0.15, -0.1) is 5.76 Å². The SMILES string of the molecule is COC(=O)C1=C([O-])C(C(=O)OC)C2C1=C(C(=O)OC)C(=O)C2C(=O)OC. The van der Waals surface area contributed by atoms with E-state index in [0.29, 0.717) is 0 Å². The molecule has 0 aromatic carbocycles. The predicted molar refractivity (Wildman–Crippen MR) is 77.6 cm³/mol. The Morgan fingerprint density at radius 2 is 1.23 bits per heavy atom. The topological polar surface area (TPSA) is 145 Å². The van der Waals surface area contributed by atoms with Crippen molar-refractivity contribution in [3.05, 3.63) is 22.5 Å². The second-order valence-corrected chi connectivity index (χ2v) is 5.40. The first-order valence-electron chi connectivity index (χ1n) is 7.28. The van der Waals surface area contributed by atoms with Crippen LogP contribution in [0.4, 0.5) is 0 Å². The first kappa shape index (κ1) is 19.2. The van der Waals surface area contributed by atoms with Crippen molar-refractivity contribution in [2.24, 2.45) is 17.8 Å². The third kappa shape index (κ3) is 2.54. The molecule has 3 unspecified atom stereocenters. The van der Waals surface area contributed by atoms with Crippen LogP contribution in [0.25, 0.3) is 0 Å². The first-order chi connectivity index (χ1) is 12.3. The van der Waals surface area contributed by atoms with Crippen molar-refractivity contribution in [1.29, 1.82) is 0 Å². The van der Waals surface area contributed by atoms with Gasteiger partial charge in [-0.1, -0.05) is 0 Å². The Morgan fingerprint density at radius 3 is 1.69 bits per heavy atom. The maximum Gasteiger partial charge on any atom is 0.341 e. The molecular formula is C16H15O10-. The molecule has 0 aliphatic heterocycles. The molecule has 0 heterocycles. The summed E-state index contributed by atoms with van der Waals surface area (Å²) < 4.78 is 18.2. The van der Waals surface area contributed by atoms with Crippen LogP contribution in [-0.2, 0) is 42.9 Å². The molecule has 0 saturated heterocycles. The Balaban J connectivity index is 2.82. The van der Waals surface area contributed by atoms with Gasteiger partial charge in [-0.05, 0) is 5.57 Å². The van der Waals surface area contributed by atoms with E-state index >= 15 is 0 Å². The summed E-state index contributed by atoms with van der Waals surface area (Å²) in [5.74, 6) is -11.2. The van der Waals surface area contributed by atoms with Crippen molar-refractivity contribution >= 4 is 29.7 Å². The number of hydrogen-bond donors (Lipinski definition) is 0. The van der Waals surface area contributed by atoms with Crippen molar-refractivity contribution in [1.82, 2.24) is 0 Å². The molecule has 0 saturated carbocycles. The van der Waals surface area contributed by atoms with E-state index < -0.39 is 64.3 Å². The lowest BCUT2D eigenvalue weighted by molar-refractivity contribution is -0.315. The first-order valence-corrected chi connectivity index (χ1v) is 7.28. The number of esters is 4. The van der Waals surface area contributed by atoms with Crippen molar-refractivity contribution in [3.63, 3.8) is 0 Å². The van der Waals surface area contributed by atoms with Gasteiger partial charge in [-0.25, -0.2) is 9.59 Å². The second-order valence-electron chi connectivity index (χ2n) is 5.40. The van der Waals surface area contributed by atoms with Crippen LogP contribution in [0.3, 0.4) is 0 Å². The van der Waals surface area contributed by atoms with Crippen LogP contribution in [-0.4, -0.2) is 58.1 Å². The number of ketones is 1. The van der Waals surface area contributed by atoms with Crippen LogP contribution in [0.2, 0.25) is 0 Å². The Bertz CT molecular complexity index is 772. The minimum atomic E-state index is -1.67. The van der Waals surface area contributed by atoms with E-state index in [2.05, 4.69) is 18.9 Å². The number of methoxy groups -OCH3 is 4. The number of Topliss-reactive ketones (excluding diaryl/α,β-unsaturated/α-hetero) is 1. The molecule has 0 fully saturated rings. The van der Waals surface area contributed by atoms with E-state index in [9.17, 15) is 29.1 Å². The van der Waals surface area contributed by atoms with E-state index in [4.69, 9.17) is 0 Å². The molecule has 0 aromatic rings. The van der Waals surface area contributed by atoms with Gasteiger partial charge in [0.15, 0.2) is 5.78 Å². The van der Waals surface area contributed by atoms with E-state index in [0.717, 1.165) is 28.4 Å². The average molecular weight is 367 g/mol. The molecule has 0 amide bonds. The molecule has 2 aliphatic rings. The van der Waals surface area contributed by atoms with Crippen LogP contribution in [0, 0.1) is 17.8 Å². The van der Waals surface area contributed by atoms with Crippen LogP contribution in [0.15, 0.2) is 22.5 Å². The number of ether oxygens (including phenoxy) is 4. The molecule has 0 aromatic heterocycles. The van der Waals surface area contributed by atoms with E-state index in [-0.39, 0.29) is 5.57 Å². The normalized spacial score (nSPS) is 24.3. The van der Waals surface area contributed by atoms with Gasteiger partial charge < -0.3 is 24.1 Å². The Labute approximate surface area is 147 Å². The van der Waals surface area contributed by atoms with Crippen LogP contribution in [0.1, 0.15) is 0 Å². The molecular weight excluding hydrogens is 352 g/mol. The molecule has 0 spiro atoms. The number of fused-ring (bicyclic) bond motifs is 1. The Morgan fingerprint density at radius 1 is 0.769 bits per heavy atom. The molecule has 10 heteroatoms. The zero-order valence-electron chi connectivity index (χ0n) is 14.3. The van der Waals surface area contributed by atoms with Gasteiger partial charge in [-0.2, -0.15) is 0 Å². The van der Waals surface area contributed by atoms with Gasteiger partial charge in [0.1, 0.15) is 11.5 Å². The summed E-state index contributed by atoms with van der Waals surface area (Å²) in [5.41, 5.74) is -1.68. The molecule has 0 N–H and O–H groups in total. The highest BCUT2D eigenvalue weighted by Crippen LogP contribution is 2.51. The summed E-state index contributed by atoms with van der Waals surface area (Å²) in [6, 6.07) is 0. The Hall–Kier alpha value is -3.17. The highest BCUT2D eigenvalue weighted by atomic mass is 16.5. The molecule has 0 bridgehead atoms. The number of carbonyl (C=O) groups excluding carboxylic acids is 5. The lowest BCUT2D eigenvalue weighted by Crippen LogP contribution is -2.37. The van der Waals surface area contributed by atoms with E-state index in [1.54, 1.807) is 0 Å². The van der Waals surface area contributed by atoms with Crippen LogP contribution < -0.4 is 5.11 Å². The minimum Gasteiger partial charge on any atom is -0.874 e. The quantitative estimate of drug-likeness (QED) is 0.237. The van der Waals surface area contributed by atoms with Gasteiger partial charge in [0.05, 0.1) is 39.9 Å². The van der Waals surface area contributed by atoms with Crippen LogP contribution in [0.5, 0.6) is 0 Å². The van der Waals surface area contributed by atoms with Gasteiger partial charge in [0.25, 0.3) is 0 Å². The fraction of sp³-hybridized carbons (Fsp3) is 0.438. The molecule has 2 rings (SSSR count). The van der Waals surface area contributed by atoms with E-state index in [1.807, 2.05) is 0 Å². The van der Waals surface area contributed by atoms with Gasteiger partial charge in [0, 0.05) is 5.92 Å². The highest BCUT2D eigenvalue weighted by molar-refractivity contribution is 6.27. The standard InChI is InChI=1S/C16H16O10/c1-23-13(19)7-5-6(9(11(7)17)15(21)25-3)10(16(22)26-4)12(18)8(5)14(20)24-2/h5,7-8,17H,1-4H3/p-1. The summed E-state index contributed by atoms with van der Waals surface area (Å²) in [6.45, 7) is 0. The van der Waals surface area contributed by atoms with Crippen molar-refractivity contribution < 1.29 is 48.0 Å². The molecule has 2 aliphatic carbocycles. The molecule has 140 valence electrons. The lowest BCUT2D eigenvalue weighted by Gasteiger charge is -2.24. The summed E-state index contributed by atoms with van der Waals surface area (Å²) in [7, 11) is 3.96. The zero-order chi connectivity index (χ0) is 19.8. The Kier molecular flexibility index (Phi) is 5.15. The summed E-state index contributed by atoms with van der Waals surface area (Å²) >= 11 is 0. The summed E-state index contributed by atoms with van der Waals surface area (Å²) in [6.07, 6.45) is 0. The highest BCUT2D eigenvalue weighted by Gasteiger charge is 2.59. The fourth-order valence-corrected chi connectivity index (χ4v) is 3.27. The smallest absolute Gasteiger partial charge is 0.341 e. The maximum atomic E-state index is 12.7. The average Bonchev–Trinajstić information content (AvgIpc) is 3.08. The molecule has 0 radical (unpaired) electrons. The lowest BCUT2D eigenvalue weighted by atomic mass is 9.83. The van der Waals surface area contributed by atoms with Gasteiger partial charge in [-0.3, -0.25) is 14.4 Å². The van der Waals surface area contributed by atoms with Crippen molar-refractivity contribution in [3.8, 4) is 0 Å². The third-order valence-corrected chi connectivity index (χ3v) is 4.34. The third-order valence-electron chi connectivity index (χ3n) is 4.34. The largest absolute Gasteiger partial charge is 0.874 e. The van der Waals surface area contributed by atoms with Crippen molar-refractivity contribution in [2.45, 2.75) is 0 Å². The van der Waals surface area contributed by atoms with Crippen LogP contribution >= 0.6 is 0 Å². The fourth-order valence-electron chi connectivity index (χ4n) is 3.27. The summed E-state index contributed by atoms with van der Waals surface area (Å²) in [5, 5.41) is 12.7. The monoisotopic (exact) mass is 367 g/mol. The zero-order valence-corrected chi connectivity index (χ0v) is 14.3. The summed E-state index contributed by atoms with van der Waals surface area (Å²) in [4.78, 5) is 61.1.